The Morgan fingerprint density at radius 1 is 0.971 bits per heavy atom. The van der Waals surface area contributed by atoms with E-state index in [1.807, 2.05) is 63.2 Å². The van der Waals surface area contributed by atoms with Crippen LogP contribution in [0.2, 0.25) is 0 Å². The van der Waals surface area contributed by atoms with E-state index in [9.17, 15) is 9.59 Å². The molecule has 1 aliphatic heterocycles. The van der Waals surface area contributed by atoms with Gasteiger partial charge in [0.25, 0.3) is 5.91 Å². The van der Waals surface area contributed by atoms with Crippen molar-refractivity contribution in [3.63, 3.8) is 0 Å². The van der Waals surface area contributed by atoms with Crippen molar-refractivity contribution >= 4 is 28.5 Å². The zero-order chi connectivity index (χ0) is 24.8. The summed E-state index contributed by atoms with van der Waals surface area (Å²) in [6.45, 7) is 8.01. The lowest BCUT2D eigenvalue weighted by molar-refractivity contribution is 0.0679. The predicted molar refractivity (Wildman–Crippen MR) is 141 cm³/mol. The molecule has 2 N–H and O–H groups in total. The van der Waals surface area contributed by atoms with Crippen LogP contribution in [0.5, 0.6) is 0 Å². The summed E-state index contributed by atoms with van der Waals surface area (Å²) in [4.78, 5) is 26.8. The molecular formula is C29H35N3O3. The molecule has 35 heavy (non-hydrogen) atoms. The molecule has 1 aliphatic rings. The van der Waals surface area contributed by atoms with Gasteiger partial charge in [-0.05, 0) is 75.2 Å². The number of nitrogens with one attached hydrogen (secondary N) is 2. The quantitative estimate of drug-likeness (QED) is 0.473. The minimum absolute atomic E-state index is 0.0877. The SMILES string of the molecule is Cc1ccccc1C(=O)Nc1ccc(CCNC2CCN(C(=O)OC(C)C)CC2)c2ccccc12. The van der Waals surface area contributed by atoms with Crippen molar-refractivity contribution in [1.29, 1.82) is 0 Å². The van der Waals surface area contributed by atoms with Crippen molar-refractivity contribution in [1.82, 2.24) is 10.2 Å². The van der Waals surface area contributed by atoms with Crippen LogP contribution in [0.3, 0.4) is 0 Å². The number of piperidine rings is 1. The van der Waals surface area contributed by atoms with E-state index in [0.717, 1.165) is 60.9 Å². The molecule has 0 atom stereocenters. The summed E-state index contributed by atoms with van der Waals surface area (Å²) < 4.78 is 5.31. The molecule has 1 fully saturated rings. The molecule has 0 aromatic heterocycles. The van der Waals surface area contributed by atoms with Crippen molar-refractivity contribution in [2.24, 2.45) is 0 Å². The highest BCUT2D eigenvalue weighted by Crippen LogP contribution is 2.28. The highest BCUT2D eigenvalue weighted by atomic mass is 16.6. The third-order valence-corrected chi connectivity index (χ3v) is 6.57. The molecule has 1 heterocycles. The molecule has 184 valence electrons. The minimum atomic E-state index is -0.209. The first-order valence-corrected chi connectivity index (χ1v) is 12.5. The van der Waals surface area contributed by atoms with Crippen molar-refractivity contribution in [2.45, 2.75) is 52.2 Å². The molecule has 3 aromatic rings. The van der Waals surface area contributed by atoms with Gasteiger partial charge in [-0.25, -0.2) is 4.79 Å². The van der Waals surface area contributed by atoms with Gasteiger partial charge in [-0.3, -0.25) is 4.79 Å². The summed E-state index contributed by atoms with van der Waals surface area (Å²) >= 11 is 0. The Bertz CT molecular complexity index is 1180. The van der Waals surface area contributed by atoms with Gasteiger partial charge in [0.1, 0.15) is 0 Å². The topological polar surface area (TPSA) is 70.7 Å². The molecule has 0 aliphatic carbocycles. The smallest absolute Gasteiger partial charge is 0.410 e. The number of hydrogen-bond donors (Lipinski definition) is 2. The largest absolute Gasteiger partial charge is 0.447 e. The molecule has 0 saturated carbocycles. The summed E-state index contributed by atoms with van der Waals surface area (Å²) in [5.41, 5.74) is 3.72. The maximum atomic E-state index is 12.9. The fourth-order valence-corrected chi connectivity index (χ4v) is 4.66. The normalized spacial score (nSPS) is 14.3. The molecule has 0 bridgehead atoms. The van der Waals surface area contributed by atoms with Gasteiger partial charge in [0.15, 0.2) is 0 Å². The molecule has 0 radical (unpaired) electrons. The van der Waals surface area contributed by atoms with Crippen molar-refractivity contribution in [3.8, 4) is 0 Å². The van der Waals surface area contributed by atoms with Crippen molar-refractivity contribution in [3.05, 3.63) is 77.4 Å². The van der Waals surface area contributed by atoms with Gasteiger partial charge in [-0.2, -0.15) is 0 Å². The number of anilines is 1. The number of carbonyl (C=O) groups is 2. The summed E-state index contributed by atoms with van der Waals surface area (Å²) in [5.74, 6) is -0.0914. The van der Waals surface area contributed by atoms with E-state index >= 15 is 0 Å². The second-order valence-electron chi connectivity index (χ2n) is 9.48. The van der Waals surface area contributed by atoms with Gasteiger partial charge in [-0.15, -0.1) is 0 Å². The first-order valence-electron chi connectivity index (χ1n) is 12.5. The maximum Gasteiger partial charge on any atom is 0.410 e. The van der Waals surface area contributed by atoms with Crippen molar-refractivity contribution in [2.75, 3.05) is 25.0 Å². The van der Waals surface area contributed by atoms with Crippen LogP contribution in [-0.2, 0) is 11.2 Å². The molecule has 3 aromatic carbocycles. The van der Waals surface area contributed by atoms with E-state index in [1.165, 1.54) is 5.56 Å². The summed E-state index contributed by atoms with van der Waals surface area (Å²) in [7, 11) is 0. The number of carbonyl (C=O) groups excluding carboxylic acids is 2. The molecule has 6 nitrogen and oxygen atoms in total. The van der Waals surface area contributed by atoms with E-state index in [-0.39, 0.29) is 18.1 Å². The summed E-state index contributed by atoms with van der Waals surface area (Å²) in [6, 6.07) is 20.4. The highest BCUT2D eigenvalue weighted by Gasteiger charge is 2.24. The second kappa shape index (κ2) is 11.4. The Labute approximate surface area is 207 Å². The van der Waals surface area contributed by atoms with Gasteiger partial charge in [-0.1, -0.05) is 48.5 Å². The predicted octanol–water partition coefficient (Wildman–Crippen LogP) is 5.54. The van der Waals surface area contributed by atoms with Crippen LogP contribution in [0.4, 0.5) is 10.5 Å². The minimum Gasteiger partial charge on any atom is -0.447 e. The van der Waals surface area contributed by atoms with Gasteiger partial charge in [0, 0.05) is 35.8 Å². The molecule has 2 amide bonds. The first kappa shape index (κ1) is 24.7. The summed E-state index contributed by atoms with van der Waals surface area (Å²) in [6.07, 6.45) is 2.45. The Balaban J connectivity index is 1.36. The van der Waals surface area contributed by atoms with Crippen LogP contribution in [-0.4, -0.2) is 48.7 Å². The molecule has 6 heteroatoms. The zero-order valence-corrected chi connectivity index (χ0v) is 20.8. The Hall–Kier alpha value is -3.38. The van der Waals surface area contributed by atoms with Crippen LogP contribution >= 0.6 is 0 Å². The Morgan fingerprint density at radius 3 is 2.37 bits per heavy atom. The number of rotatable bonds is 7. The fourth-order valence-electron chi connectivity index (χ4n) is 4.66. The van der Waals surface area contributed by atoms with Crippen LogP contribution < -0.4 is 10.6 Å². The fraction of sp³-hybridized carbons (Fsp3) is 0.379. The van der Waals surface area contributed by atoms with Gasteiger partial charge < -0.3 is 20.3 Å². The number of hydrogen-bond acceptors (Lipinski definition) is 4. The number of nitrogens with zero attached hydrogens (tertiary/aromatic N) is 1. The molecule has 0 spiro atoms. The van der Waals surface area contributed by atoms with E-state index in [4.69, 9.17) is 4.74 Å². The number of benzene rings is 3. The van der Waals surface area contributed by atoms with Crippen LogP contribution in [0.15, 0.2) is 60.7 Å². The zero-order valence-electron chi connectivity index (χ0n) is 20.8. The number of amides is 2. The number of likely N-dealkylation sites (tertiary alicyclic amines) is 1. The monoisotopic (exact) mass is 473 g/mol. The van der Waals surface area contributed by atoms with Crippen LogP contribution in [0, 0.1) is 6.92 Å². The van der Waals surface area contributed by atoms with E-state index in [2.05, 4.69) is 28.8 Å². The maximum absolute atomic E-state index is 12.9. The second-order valence-corrected chi connectivity index (χ2v) is 9.48. The average Bonchev–Trinajstić information content (AvgIpc) is 2.85. The van der Waals surface area contributed by atoms with Crippen LogP contribution in [0.25, 0.3) is 10.8 Å². The van der Waals surface area contributed by atoms with E-state index in [1.54, 1.807) is 4.90 Å². The van der Waals surface area contributed by atoms with E-state index in [0.29, 0.717) is 11.6 Å². The number of ether oxygens (including phenoxy) is 1. The third kappa shape index (κ3) is 6.20. The lowest BCUT2D eigenvalue weighted by Gasteiger charge is -2.32. The van der Waals surface area contributed by atoms with Gasteiger partial charge in [0.05, 0.1) is 6.10 Å². The Morgan fingerprint density at radius 2 is 1.66 bits per heavy atom. The molecule has 0 unspecified atom stereocenters. The van der Waals surface area contributed by atoms with E-state index < -0.39 is 0 Å². The Kier molecular flexibility index (Phi) is 8.03. The van der Waals surface area contributed by atoms with Crippen molar-refractivity contribution < 1.29 is 14.3 Å². The molecule has 1 saturated heterocycles. The average molecular weight is 474 g/mol. The van der Waals surface area contributed by atoms with Gasteiger partial charge >= 0.3 is 6.09 Å². The number of fused-ring (bicyclic) bond motifs is 1. The highest BCUT2D eigenvalue weighted by molar-refractivity contribution is 6.10. The van der Waals surface area contributed by atoms with Crippen LogP contribution in [0.1, 0.15) is 48.2 Å². The lowest BCUT2D eigenvalue weighted by atomic mass is 9.99. The molecule has 4 rings (SSSR count). The number of aryl methyl sites for hydroxylation is 1. The first-order chi connectivity index (χ1) is 16.9. The lowest BCUT2D eigenvalue weighted by Crippen LogP contribution is -2.45. The third-order valence-electron chi connectivity index (χ3n) is 6.57. The standard InChI is InChI=1S/C29H35N3O3/c1-20(2)35-29(34)32-18-15-23(16-19-32)30-17-14-22-12-13-27(26-11-7-6-10-25(22)26)31-28(33)24-9-5-4-8-21(24)3/h4-13,20,23,30H,14-19H2,1-3H3,(H,31,33). The van der Waals surface area contributed by atoms with Gasteiger partial charge in [0.2, 0.25) is 0 Å². The molecular weight excluding hydrogens is 438 g/mol. The summed E-state index contributed by atoms with van der Waals surface area (Å²) in [5, 5.41) is 8.97.